The second kappa shape index (κ2) is 7.43. The topological polar surface area (TPSA) is 70.8 Å². The Bertz CT molecular complexity index is 1150. The molecule has 0 radical (unpaired) electrons. The van der Waals surface area contributed by atoms with Gasteiger partial charge in [0.2, 0.25) is 0 Å². The Morgan fingerprint density at radius 2 is 1.86 bits per heavy atom. The number of amides is 1. The van der Waals surface area contributed by atoms with Crippen LogP contribution in [0.25, 0.3) is 5.76 Å². The van der Waals surface area contributed by atoms with E-state index in [1.807, 2.05) is 6.92 Å². The molecular weight excluding hydrogens is 413 g/mol. The highest BCUT2D eigenvalue weighted by atomic mass is 35.5. The van der Waals surface area contributed by atoms with Crippen LogP contribution in [0.2, 0.25) is 10.0 Å². The van der Waals surface area contributed by atoms with Crippen molar-refractivity contribution >= 4 is 46.3 Å². The van der Waals surface area contributed by atoms with Crippen LogP contribution in [0.3, 0.4) is 0 Å². The van der Waals surface area contributed by atoms with Crippen LogP contribution in [0.5, 0.6) is 0 Å². The molecule has 0 saturated carbocycles. The molecule has 1 N–H and O–H groups in total. The number of rotatable bonds is 3. The van der Waals surface area contributed by atoms with E-state index >= 15 is 0 Å². The first-order valence-electron chi connectivity index (χ1n) is 8.75. The average molecular weight is 428 g/mol. The van der Waals surface area contributed by atoms with Crippen LogP contribution >= 0.6 is 23.2 Å². The van der Waals surface area contributed by atoms with E-state index in [1.54, 1.807) is 48.5 Å². The second-order valence-corrected chi connectivity index (χ2v) is 7.47. The van der Waals surface area contributed by atoms with Gasteiger partial charge in [0.05, 0.1) is 11.8 Å². The van der Waals surface area contributed by atoms with Gasteiger partial charge in [-0.15, -0.1) is 0 Å². The lowest BCUT2D eigenvalue weighted by molar-refractivity contribution is -0.132. The van der Waals surface area contributed by atoms with E-state index in [4.69, 9.17) is 27.6 Å². The molecule has 0 aliphatic carbocycles. The Hall–Kier alpha value is -3.02. The smallest absolute Gasteiger partial charge is 0.300 e. The summed E-state index contributed by atoms with van der Waals surface area (Å²) in [5.41, 5.74) is 1.51. The lowest BCUT2D eigenvalue weighted by Crippen LogP contribution is -2.29. The van der Waals surface area contributed by atoms with Gasteiger partial charge in [0, 0.05) is 21.3 Å². The predicted octanol–water partition coefficient (Wildman–Crippen LogP) is 5.52. The first kappa shape index (κ1) is 19.3. The van der Waals surface area contributed by atoms with Crippen LogP contribution in [0.4, 0.5) is 5.69 Å². The van der Waals surface area contributed by atoms with Crippen molar-refractivity contribution in [3.63, 3.8) is 0 Å². The maximum Gasteiger partial charge on any atom is 0.300 e. The minimum atomic E-state index is -0.942. The number of Topliss-reactive ketones (excluding diaryl/α,β-unsaturated/α-hetero) is 1. The normalized spacial score (nSPS) is 18.4. The van der Waals surface area contributed by atoms with Crippen molar-refractivity contribution in [1.82, 2.24) is 0 Å². The van der Waals surface area contributed by atoms with Crippen molar-refractivity contribution in [3.8, 4) is 0 Å². The van der Waals surface area contributed by atoms with Crippen molar-refractivity contribution in [2.45, 2.75) is 13.0 Å². The molecular formula is C22H15Cl2NO4. The summed E-state index contributed by atoms with van der Waals surface area (Å²) in [7, 11) is 0. The van der Waals surface area contributed by atoms with E-state index in [9.17, 15) is 14.7 Å². The SMILES string of the molecule is Cc1ccc(N2C(=O)C(=O)/C(=C(\O)c3cccc(Cl)c3)C2c2ccco2)cc1Cl. The highest BCUT2D eigenvalue weighted by Gasteiger charge is 2.48. The van der Waals surface area contributed by atoms with Crippen molar-refractivity contribution in [2.24, 2.45) is 0 Å². The molecule has 5 nitrogen and oxygen atoms in total. The first-order valence-corrected chi connectivity index (χ1v) is 9.50. The molecule has 0 spiro atoms. The van der Waals surface area contributed by atoms with Crippen molar-refractivity contribution < 1.29 is 19.1 Å². The lowest BCUT2D eigenvalue weighted by atomic mass is 9.99. The Morgan fingerprint density at radius 3 is 2.52 bits per heavy atom. The second-order valence-electron chi connectivity index (χ2n) is 6.63. The molecule has 1 aromatic heterocycles. The molecule has 7 heteroatoms. The van der Waals surface area contributed by atoms with Crippen LogP contribution in [-0.2, 0) is 9.59 Å². The van der Waals surface area contributed by atoms with Gasteiger partial charge in [0.1, 0.15) is 17.6 Å². The van der Waals surface area contributed by atoms with Gasteiger partial charge >= 0.3 is 0 Å². The van der Waals surface area contributed by atoms with E-state index in [1.165, 1.54) is 17.2 Å². The molecule has 29 heavy (non-hydrogen) atoms. The summed E-state index contributed by atoms with van der Waals surface area (Å²) in [5, 5.41) is 11.8. The number of furan rings is 1. The third kappa shape index (κ3) is 3.33. The van der Waals surface area contributed by atoms with E-state index in [2.05, 4.69) is 0 Å². The number of aliphatic hydroxyl groups excluding tert-OH is 1. The maximum absolute atomic E-state index is 12.9. The van der Waals surface area contributed by atoms with Crippen LogP contribution in [0.15, 0.2) is 70.9 Å². The summed E-state index contributed by atoms with van der Waals surface area (Å²) >= 11 is 12.3. The van der Waals surface area contributed by atoms with Gasteiger partial charge in [0.15, 0.2) is 0 Å². The van der Waals surface area contributed by atoms with Gasteiger partial charge < -0.3 is 9.52 Å². The van der Waals surface area contributed by atoms with Crippen LogP contribution in [0.1, 0.15) is 22.9 Å². The number of hydrogen-bond donors (Lipinski definition) is 1. The standard InChI is InChI=1S/C22H15Cl2NO4/c1-12-7-8-15(11-16(12)24)25-19(17-6-3-9-29-17)18(21(27)22(25)28)20(26)13-4-2-5-14(23)10-13/h2-11,19,26H,1H3/b20-18-. The molecule has 2 aromatic carbocycles. The third-order valence-corrected chi connectivity index (χ3v) is 5.43. The number of hydrogen-bond acceptors (Lipinski definition) is 4. The summed E-state index contributed by atoms with van der Waals surface area (Å²) in [4.78, 5) is 27.2. The Labute approximate surface area is 176 Å². The van der Waals surface area contributed by atoms with Crippen molar-refractivity contribution in [3.05, 3.63) is 93.4 Å². The molecule has 1 fully saturated rings. The number of ketones is 1. The van der Waals surface area contributed by atoms with Gasteiger partial charge in [0.25, 0.3) is 11.7 Å². The summed E-state index contributed by atoms with van der Waals surface area (Å²) in [5.74, 6) is -1.59. The highest BCUT2D eigenvalue weighted by Crippen LogP contribution is 2.43. The molecule has 4 rings (SSSR count). The fraction of sp³-hybridized carbons (Fsp3) is 0.0909. The van der Waals surface area contributed by atoms with Crippen LogP contribution < -0.4 is 4.90 Å². The number of aryl methyl sites for hydroxylation is 1. The van der Waals surface area contributed by atoms with Gasteiger partial charge in [-0.05, 0) is 48.9 Å². The highest BCUT2D eigenvalue weighted by molar-refractivity contribution is 6.51. The molecule has 146 valence electrons. The van der Waals surface area contributed by atoms with Crippen molar-refractivity contribution in [2.75, 3.05) is 4.90 Å². The minimum Gasteiger partial charge on any atom is -0.507 e. The van der Waals surface area contributed by atoms with E-state index < -0.39 is 17.7 Å². The van der Waals surface area contributed by atoms with Crippen LogP contribution in [-0.4, -0.2) is 16.8 Å². The zero-order valence-corrected chi connectivity index (χ0v) is 16.7. The Morgan fingerprint density at radius 1 is 1.07 bits per heavy atom. The lowest BCUT2D eigenvalue weighted by Gasteiger charge is -2.23. The average Bonchev–Trinajstić information content (AvgIpc) is 3.31. The molecule has 0 bridgehead atoms. The molecule has 3 aromatic rings. The summed E-state index contributed by atoms with van der Waals surface area (Å²) in [6, 6.07) is 13.8. The summed E-state index contributed by atoms with van der Waals surface area (Å²) < 4.78 is 5.51. The monoisotopic (exact) mass is 427 g/mol. The molecule has 1 amide bonds. The van der Waals surface area contributed by atoms with Gasteiger partial charge in [-0.1, -0.05) is 41.4 Å². The number of carbonyl (C=O) groups excluding carboxylic acids is 2. The molecule has 1 aliphatic rings. The zero-order chi connectivity index (χ0) is 20.7. The molecule has 1 atom stereocenters. The number of nitrogens with zero attached hydrogens (tertiary/aromatic N) is 1. The van der Waals surface area contributed by atoms with Gasteiger partial charge in [-0.3, -0.25) is 14.5 Å². The van der Waals surface area contributed by atoms with Crippen LogP contribution in [0, 0.1) is 6.92 Å². The molecule has 1 unspecified atom stereocenters. The fourth-order valence-corrected chi connectivity index (χ4v) is 3.70. The van der Waals surface area contributed by atoms with Gasteiger partial charge in [-0.2, -0.15) is 0 Å². The van der Waals surface area contributed by atoms with Gasteiger partial charge in [-0.25, -0.2) is 0 Å². The third-order valence-electron chi connectivity index (χ3n) is 4.79. The number of carbonyl (C=O) groups is 2. The summed E-state index contributed by atoms with van der Waals surface area (Å²) in [6.07, 6.45) is 1.44. The number of aliphatic hydroxyl groups is 1. The number of halogens is 2. The zero-order valence-electron chi connectivity index (χ0n) is 15.2. The Balaban J connectivity index is 1.94. The number of benzene rings is 2. The van der Waals surface area contributed by atoms with E-state index in [0.29, 0.717) is 27.1 Å². The molecule has 2 heterocycles. The molecule has 1 aliphatic heterocycles. The minimum absolute atomic E-state index is 0.0797. The van der Waals surface area contributed by atoms with E-state index in [0.717, 1.165) is 5.56 Å². The summed E-state index contributed by atoms with van der Waals surface area (Å²) in [6.45, 7) is 1.84. The van der Waals surface area contributed by atoms with E-state index in [-0.39, 0.29) is 11.3 Å². The fourth-order valence-electron chi connectivity index (χ4n) is 3.34. The predicted molar refractivity (Wildman–Crippen MR) is 111 cm³/mol. The number of anilines is 1. The van der Waals surface area contributed by atoms with Crippen molar-refractivity contribution in [1.29, 1.82) is 0 Å². The maximum atomic E-state index is 12.9. The molecule has 1 saturated heterocycles. The first-order chi connectivity index (χ1) is 13.9. The quantitative estimate of drug-likeness (QED) is 0.339. The largest absolute Gasteiger partial charge is 0.507 e. The Kier molecular flexibility index (Phi) is 4.94.